The van der Waals surface area contributed by atoms with Crippen LogP contribution in [0.15, 0.2) is 22.7 Å². The van der Waals surface area contributed by atoms with Crippen LogP contribution in [0.2, 0.25) is 0 Å². The molecule has 0 aliphatic carbocycles. The van der Waals surface area contributed by atoms with Gasteiger partial charge in [0.25, 0.3) is 5.91 Å². The molecule has 4 N–H and O–H groups in total. The summed E-state index contributed by atoms with van der Waals surface area (Å²) in [4.78, 5) is 23.2. The van der Waals surface area contributed by atoms with Gasteiger partial charge in [-0.25, -0.2) is 4.79 Å². The number of aryl methyl sites for hydroxylation is 1. The van der Waals surface area contributed by atoms with Gasteiger partial charge in [0.15, 0.2) is 0 Å². The number of aromatic carboxylic acids is 1. The van der Waals surface area contributed by atoms with Crippen molar-refractivity contribution in [2.75, 3.05) is 11.1 Å². The van der Waals surface area contributed by atoms with Crippen LogP contribution in [-0.4, -0.2) is 21.4 Å². The van der Waals surface area contributed by atoms with Crippen molar-refractivity contribution in [2.45, 2.75) is 6.92 Å². The van der Waals surface area contributed by atoms with Gasteiger partial charge in [-0.15, -0.1) is 0 Å². The van der Waals surface area contributed by atoms with E-state index in [4.69, 9.17) is 10.8 Å². The first-order valence-corrected chi connectivity index (χ1v) is 7.02. The summed E-state index contributed by atoms with van der Waals surface area (Å²) in [5, 5.41) is 11.8. The number of carbonyl (C=O) groups excluding carboxylic acids is 1. The summed E-state index contributed by atoms with van der Waals surface area (Å²) in [5.74, 6) is -1.56. The number of benzene rings is 1. The van der Waals surface area contributed by atoms with Crippen molar-refractivity contribution in [1.29, 1.82) is 0 Å². The number of rotatable bonds is 3. The zero-order valence-corrected chi connectivity index (χ0v) is 12.7. The van der Waals surface area contributed by atoms with Crippen LogP contribution < -0.4 is 11.1 Å². The fourth-order valence-corrected chi connectivity index (χ4v) is 2.60. The summed E-state index contributed by atoms with van der Waals surface area (Å²) >= 11 is 4.17. The first-order chi connectivity index (χ1) is 9.40. The highest BCUT2D eigenvalue weighted by Gasteiger charge is 2.19. The van der Waals surface area contributed by atoms with Crippen LogP contribution in [0.1, 0.15) is 26.4 Å². The number of amides is 1. The third-order valence-corrected chi connectivity index (χ3v) is 4.14. The first-order valence-electron chi connectivity index (χ1n) is 5.46. The molecule has 0 bridgehead atoms. The lowest BCUT2D eigenvalue weighted by Gasteiger charge is -2.05. The Balaban J connectivity index is 2.28. The molecule has 0 fully saturated rings. The van der Waals surface area contributed by atoms with E-state index in [0.29, 0.717) is 21.4 Å². The number of nitrogens with one attached hydrogen (secondary N) is 1. The monoisotopic (exact) mass is 355 g/mol. The molecule has 0 saturated heterocycles. The predicted molar refractivity (Wildman–Crippen MR) is 80.3 cm³/mol. The number of nitrogen functional groups attached to an aromatic ring is 1. The lowest BCUT2D eigenvalue weighted by molar-refractivity contribution is 0.0697. The van der Waals surface area contributed by atoms with Gasteiger partial charge in [-0.1, -0.05) is 0 Å². The van der Waals surface area contributed by atoms with Gasteiger partial charge in [-0.3, -0.25) is 4.79 Å². The SMILES string of the molecule is Cc1nsc(NC(=O)c2ccc(Br)c(N)c2)c1C(=O)O. The van der Waals surface area contributed by atoms with Crippen molar-refractivity contribution < 1.29 is 14.7 Å². The zero-order chi connectivity index (χ0) is 14.9. The summed E-state index contributed by atoms with van der Waals surface area (Å²) in [7, 11) is 0. The Morgan fingerprint density at radius 3 is 2.75 bits per heavy atom. The second-order valence-electron chi connectivity index (χ2n) is 3.97. The highest BCUT2D eigenvalue weighted by atomic mass is 79.9. The van der Waals surface area contributed by atoms with Crippen LogP contribution in [0.25, 0.3) is 0 Å². The molecule has 1 amide bonds. The van der Waals surface area contributed by atoms with Gasteiger partial charge >= 0.3 is 5.97 Å². The average Bonchev–Trinajstić information content (AvgIpc) is 2.73. The lowest BCUT2D eigenvalue weighted by Crippen LogP contribution is -2.14. The lowest BCUT2D eigenvalue weighted by atomic mass is 10.2. The number of anilines is 2. The van der Waals surface area contributed by atoms with Gasteiger partial charge in [-0.05, 0) is 52.6 Å². The molecule has 1 aromatic heterocycles. The van der Waals surface area contributed by atoms with E-state index in [1.165, 1.54) is 6.07 Å². The van der Waals surface area contributed by atoms with Crippen LogP contribution in [0, 0.1) is 6.92 Å². The topological polar surface area (TPSA) is 105 Å². The number of hydrogen-bond donors (Lipinski definition) is 3. The molecule has 0 aliphatic rings. The minimum atomic E-state index is -1.12. The van der Waals surface area contributed by atoms with Crippen molar-refractivity contribution in [2.24, 2.45) is 0 Å². The van der Waals surface area contributed by atoms with E-state index in [9.17, 15) is 9.59 Å². The fraction of sp³-hybridized carbons (Fsp3) is 0.0833. The van der Waals surface area contributed by atoms with Crippen molar-refractivity contribution >= 4 is 50.0 Å². The van der Waals surface area contributed by atoms with Gasteiger partial charge in [0.05, 0.1) is 5.69 Å². The van der Waals surface area contributed by atoms with E-state index in [-0.39, 0.29) is 10.6 Å². The van der Waals surface area contributed by atoms with E-state index < -0.39 is 11.9 Å². The van der Waals surface area contributed by atoms with Crippen LogP contribution in [0.5, 0.6) is 0 Å². The van der Waals surface area contributed by atoms with E-state index >= 15 is 0 Å². The number of halogens is 1. The molecule has 0 aliphatic heterocycles. The third kappa shape index (κ3) is 2.81. The first kappa shape index (κ1) is 14.5. The van der Waals surface area contributed by atoms with Crippen molar-refractivity contribution in [3.05, 3.63) is 39.5 Å². The molecule has 0 saturated carbocycles. The number of carboxylic acid groups (broad SMARTS) is 1. The minimum absolute atomic E-state index is 0.00781. The molecule has 0 radical (unpaired) electrons. The Labute approximate surface area is 126 Å². The van der Waals surface area contributed by atoms with Gasteiger partial charge in [0.1, 0.15) is 10.6 Å². The Kier molecular flexibility index (Phi) is 4.05. The summed E-state index contributed by atoms with van der Waals surface area (Å²) in [5.41, 5.74) is 6.85. The molecule has 2 rings (SSSR count). The summed E-state index contributed by atoms with van der Waals surface area (Å²) in [6.45, 7) is 1.58. The fourth-order valence-electron chi connectivity index (χ4n) is 1.57. The standard InChI is InChI=1S/C12H10BrN3O3S/c1-5-9(12(18)19)11(20-16-5)15-10(17)6-2-3-7(13)8(14)4-6/h2-4H,14H2,1H3,(H,15,17)(H,18,19). The quantitative estimate of drug-likeness (QED) is 0.734. The highest BCUT2D eigenvalue weighted by Crippen LogP contribution is 2.26. The minimum Gasteiger partial charge on any atom is -0.478 e. The molecule has 8 heteroatoms. The largest absolute Gasteiger partial charge is 0.478 e. The maximum absolute atomic E-state index is 12.1. The second-order valence-corrected chi connectivity index (χ2v) is 5.60. The molecular formula is C12H10BrN3O3S. The summed E-state index contributed by atoms with van der Waals surface area (Å²) in [6, 6.07) is 4.75. The van der Waals surface area contributed by atoms with Gasteiger partial charge in [0.2, 0.25) is 0 Å². The number of nitrogens with zero attached hydrogens (tertiary/aromatic N) is 1. The maximum Gasteiger partial charge on any atom is 0.340 e. The van der Waals surface area contributed by atoms with Crippen LogP contribution in [0.3, 0.4) is 0 Å². The van der Waals surface area contributed by atoms with Crippen molar-refractivity contribution in [3.63, 3.8) is 0 Å². The summed E-state index contributed by atoms with van der Waals surface area (Å²) in [6.07, 6.45) is 0. The number of carbonyl (C=O) groups is 2. The molecule has 20 heavy (non-hydrogen) atoms. The predicted octanol–water partition coefficient (Wildman–Crippen LogP) is 2.75. The Hall–Kier alpha value is -1.93. The molecule has 1 heterocycles. The second kappa shape index (κ2) is 5.59. The normalized spacial score (nSPS) is 10.3. The van der Waals surface area contributed by atoms with Gasteiger partial charge < -0.3 is 16.2 Å². The molecule has 0 spiro atoms. The molecule has 6 nitrogen and oxygen atoms in total. The average molecular weight is 356 g/mol. The van der Waals surface area contributed by atoms with Crippen molar-refractivity contribution in [1.82, 2.24) is 4.37 Å². The molecule has 0 unspecified atom stereocenters. The number of carboxylic acids is 1. The number of nitrogens with two attached hydrogens (primary N) is 1. The van der Waals surface area contributed by atoms with Crippen LogP contribution in [-0.2, 0) is 0 Å². The van der Waals surface area contributed by atoms with E-state index in [1.54, 1.807) is 19.1 Å². The zero-order valence-electron chi connectivity index (χ0n) is 10.3. The molecule has 2 aromatic rings. The van der Waals surface area contributed by atoms with Crippen LogP contribution in [0.4, 0.5) is 10.7 Å². The van der Waals surface area contributed by atoms with Crippen molar-refractivity contribution in [3.8, 4) is 0 Å². The smallest absolute Gasteiger partial charge is 0.340 e. The Bertz CT molecular complexity index is 699. The molecule has 104 valence electrons. The molecule has 0 atom stereocenters. The van der Waals surface area contributed by atoms with E-state index in [2.05, 4.69) is 25.6 Å². The van der Waals surface area contributed by atoms with Crippen LogP contribution >= 0.6 is 27.5 Å². The van der Waals surface area contributed by atoms with E-state index in [1.807, 2.05) is 0 Å². The Morgan fingerprint density at radius 2 is 2.15 bits per heavy atom. The van der Waals surface area contributed by atoms with E-state index in [0.717, 1.165) is 11.5 Å². The molecular weight excluding hydrogens is 346 g/mol. The maximum atomic E-state index is 12.1. The third-order valence-electron chi connectivity index (χ3n) is 2.56. The van der Waals surface area contributed by atoms with Gasteiger partial charge in [0, 0.05) is 15.7 Å². The number of aromatic nitrogens is 1. The Morgan fingerprint density at radius 1 is 1.45 bits per heavy atom. The van der Waals surface area contributed by atoms with Gasteiger partial charge in [-0.2, -0.15) is 4.37 Å². The number of hydrogen-bond acceptors (Lipinski definition) is 5. The molecule has 1 aromatic carbocycles. The summed E-state index contributed by atoms with van der Waals surface area (Å²) < 4.78 is 4.62. The highest BCUT2D eigenvalue weighted by molar-refractivity contribution is 9.10.